The molecule has 0 aliphatic rings. The molecule has 0 saturated carbocycles. The molecular weight excluding hydrogens is 241 g/mol. The Morgan fingerprint density at radius 3 is 2.38 bits per heavy atom. The van der Waals surface area contributed by atoms with E-state index in [1.54, 1.807) is 6.07 Å². The van der Waals surface area contributed by atoms with E-state index in [0.29, 0.717) is 10.2 Å². The van der Waals surface area contributed by atoms with Gasteiger partial charge in [0.1, 0.15) is 5.15 Å². The molecule has 1 aromatic carbocycles. The Morgan fingerprint density at radius 1 is 1.06 bits per heavy atom. The van der Waals surface area contributed by atoms with Crippen molar-refractivity contribution >= 4 is 34.1 Å². The van der Waals surface area contributed by atoms with Gasteiger partial charge in [0.15, 0.2) is 0 Å². The van der Waals surface area contributed by atoms with Gasteiger partial charge in [-0.05, 0) is 29.2 Å². The van der Waals surface area contributed by atoms with Gasteiger partial charge in [-0.3, -0.25) is 0 Å². The normalized spacial score (nSPS) is 12.1. The van der Waals surface area contributed by atoms with Crippen molar-refractivity contribution in [1.29, 1.82) is 0 Å². The van der Waals surface area contributed by atoms with Crippen molar-refractivity contribution in [2.75, 3.05) is 0 Å². The highest BCUT2D eigenvalue weighted by Crippen LogP contribution is 2.30. The summed E-state index contributed by atoms with van der Waals surface area (Å²) in [7, 11) is 0. The number of halogens is 2. The number of aromatic nitrogens is 1. The van der Waals surface area contributed by atoms with Crippen molar-refractivity contribution in [3.8, 4) is 0 Å². The van der Waals surface area contributed by atoms with Crippen LogP contribution in [0.15, 0.2) is 24.3 Å². The largest absolute Gasteiger partial charge is 0.236 e. The Bertz CT molecular complexity index is 541. The molecule has 16 heavy (non-hydrogen) atoms. The van der Waals surface area contributed by atoms with E-state index in [9.17, 15) is 0 Å². The van der Waals surface area contributed by atoms with Gasteiger partial charge in [-0.1, -0.05) is 50.0 Å². The van der Waals surface area contributed by atoms with E-state index in [4.69, 9.17) is 23.2 Å². The summed E-state index contributed by atoms with van der Waals surface area (Å²) in [5, 5.41) is 2.04. The van der Waals surface area contributed by atoms with Crippen LogP contribution in [-0.2, 0) is 5.41 Å². The molecule has 0 amide bonds. The van der Waals surface area contributed by atoms with E-state index < -0.39 is 0 Å². The van der Waals surface area contributed by atoms with Crippen molar-refractivity contribution < 1.29 is 0 Å². The fraction of sp³-hybridized carbons (Fsp3) is 0.308. The van der Waals surface area contributed by atoms with Crippen molar-refractivity contribution in [3.05, 3.63) is 40.0 Å². The second-order valence-corrected chi connectivity index (χ2v) is 5.70. The minimum atomic E-state index is 0.108. The van der Waals surface area contributed by atoms with Gasteiger partial charge in [-0.15, -0.1) is 0 Å². The SMILES string of the molecule is CC(C)(C)c1ccc2nc(Cl)cc(Cl)c2c1. The third-order valence-electron chi connectivity index (χ3n) is 2.59. The second kappa shape index (κ2) is 3.90. The van der Waals surface area contributed by atoms with E-state index in [-0.39, 0.29) is 5.41 Å². The summed E-state index contributed by atoms with van der Waals surface area (Å²) in [5.74, 6) is 0. The number of rotatable bonds is 0. The number of pyridine rings is 1. The number of hydrogen-bond donors (Lipinski definition) is 0. The zero-order valence-corrected chi connectivity index (χ0v) is 11.0. The van der Waals surface area contributed by atoms with Gasteiger partial charge in [0, 0.05) is 5.39 Å². The molecule has 2 rings (SSSR count). The zero-order chi connectivity index (χ0) is 11.9. The minimum absolute atomic E-state index is 0.108. The molecule has 0 unspecified atom stereocenters. The molecule has 84 valence electrons. The first kappa shape index (κ1) is 11.7. The fourth-order valence-corrected chi connectivity index (χ4v) is 2.13. The summed E-state index contributed by atoms with van der Waals surface area (Å²) >= 11 is 12.0. The standard InChI is InChI=1S/C13H13Cl2N/c1-13(2,3)8-4-5-11-9(6-8)10(14)7-12(15)16-11/h4-7H,1-3H3. The number of benzene rings is 1. The predicted molar refractivity (Wildman–Crippen MR) is 70.5 cm³/mol. The third-order valence-corrected chi connectivity index (χ3v) is 3.10. The predicted octanol–water partition coefficient (Wildman–Crippen LogP) is 4.84. The molecule has 0 aliphatic carbocycles. The average molecular weight is 254 g/mol. The minimum Gasteiger partial charge on any atom is -0.236 e. The molecule has 2 aromatic rings. The lowest BCUT2D eigenvalue weighted by atomic mass is 9.86. The van der Waals surface area contributed by atoms with Gasteiger partial charge >= 0.3 is 0 Å². The molecule has 0 N–H and O–H groups in total. The van der Waals surface area contributed by atoms with Crippen molar-refractivity contribution in [1.82, 2.24) is 4.98 Å². The summed E-state index contributed by atoms with van der Waals surface area (Å²) in [6.45, 7) is 6.52. The first-order chi connectivity index (χ1) is 7.38. The molecule has 3 heteroatoms. The summed E-state index contributed by atoms with van der Waals surface area (Å²) in [5.41, 5.74) is 2.19. The Labute approximate surface area is 105 Å². The first-order valence-electron chi connectivity index (χ1n) is 5.14. The van der Waals surface area contributed by atoms with Gasteiger partial charge in [-0.2, -0.15) is 0 Å². The maximum atomic E-state index is 6.16. The van der Waals surface area contributed by atoms with Crippen molar-refractivity contribution in [2.24, 2.45) is 0 Å². The van der Waals surface area contributed by atoms with E-state index in [0.717, 1.165) is 10.9 Å². The number of fused-ring (bicyclic) bond motifs is 1. The maximum Gasteiger partial charge on any atom is 0.131 e. The van der Waals surface area contributed by atoms with Crippen LogP contribution in [0.1, 0.15) is 26.3 Å². The highest BCUT2D eigenvalue weighted by molar-refractivity contribution is 6.37. The van der Waals surface area contributed by atoms with E-state index in [1.165, 1.54) is 5.56 Å². The van der Waals surface area contributed by atoms with Crippen LogP contribution in [0.2, 0.25) is 10.2 Å². The van der Waals surface area contributed by atoms with E-state index >= 15 is 0 Å². The smallest absolute Gasteiger partial charge is 0.131 e. The third kappa shape index (κ3) is 2.16. The van der Waals surface area contributed by atoms with Crippen LogP contribution in [0.25, 0.3) is 10.9 Å². The molecule has 0 bridgehead atoms. The highest BCUT2D eigenvalue weighted by atomic mass is 35.5. The Hall–Kier alpha value is -0.790. The van der Waals surface area contributed by atoms with Crippen LogP contribution in [-0.4, -0.2) is 4.98 Å². The van der Waals surface area contributed by atoms with Crippen LogP contribution in [0, 0.1) is 0 Å². The highest BCUT2D eigenvalue weighted by Gasteiger charge is 2.14. The van der Waals surface area contributed by atoms with Crippen LogP contribution in [0.3, 0.4) is 0 Å². The fourth-order valence-electron chi connectivity index (χ4n) is 1.62. The summed E-state index contributed by atoms with van der Waals surface area (Å²) in [4.78, 5) is 4.24. The lowest BCUT2D eigenvalue weighted by Gasteiger charge is -2.19. The lowest BCUT2D eigenvalue weighted by molar-refractivity contribution is 0.591. The molecule has 0 spiro atoms. The topological polar surface area (TPSA) is 12.9 Å². The molecule has 1 aromatic heterocycles. The molecule has 0 radical (unpaired) electrons. The number of hydrogen-bond acceptors (Lipinski definition) is 1. The molecular formula is C13H13Cl2N. The quantitative estimate of drug-likeness (QED) is 0.613. The Balaban J connectivity index is 2.72. The molecule has 0 saturated heterocycles. The molecule has 0 fully saturated rings. The molecule has 0 atom stereocenters. The Morgan fingerprint density at radius 2 is 1.75 bits per heavy atom. The number of nitrogens with zero attached hydrogens (tertiary/aromatic N) is 1. The van der Waals surface area contributed by atoms with Crippen LogP contribution in [0.5, 0.6) is 0 Å². The maximum absolute atomic E-state index is 6.16. The molecule has 0 aliphatic heterocycles. The van der Waals surface area contributed by atoms with Gasteiger partial charge in [0.05, 0.1) is 10.5 Å². The summed E-state index contributed by atoms with van der Waals surface area (Å²) < 4.78 is 0. The van der Waals surface area contributed by atoms with Crippen LogP contribution < -0.4 is 0 Å². The molecule has 1 heterocycles. The van der Waals surface area contributed by atoms with Gasteiger partial charge in [-0.25, -0.2) is 4.98 Å². The second-order valence-electron chi connectivity index (χ2n) is 4.91. The summed E-state index contributed by atoms with van der Waals surface area (Å²) in [6, 6.07) is 7.80. The van der Waals surface area contributed by atoms with Crippen molar-refractivity contribution in [2.45, 2.75) is 26.2 Å². The average Bonchev–Trinajstić information content (AvgIpc) is 2.15. The van der Waals surface area contributed by atoms with Gasteiger partial charge in [0.25, 0.3) is 0 Å². The van der Waals surface area contributed by atoms with Crippen molar-refractivity contribution in [3.63, 3.8) is 0 Å². The van der Waals surface area contributed by atoms with E-state index in [1.807, 2.05) is 6.07 Å². The van der Waals surface area contributed by atoms with Gasteiger partial charge < -0.3 is 0 Å². The lowest BCUT2D eigenvalue weighted by Crippen LogP contribution is -2.10. The first-order valence-corrected chi connectivity index (χ1v) is 5.90. The molecule has 1 nitrogen and oxygen atoms in total. The van der Waals surface area contributed by atoms with E-state index in [2.05, 4.69) is 37.9 Å². The van der Waals surface area contributed by atoms with Crippen LogP contribution >= 0.6 is 23.2 Å². The monoisotopic (exact) mass is 253 g/mol. The van der Waals surface area contributed by atoms with Gasteiger partial charge in [0.2, 0.25) is 0 Å². The van der Waals surface area contributed by atoms with Crippen LogP contribution in [0.4, 0.5) is 0 Å². The Kier molecular flexibility index (Phi) is 2.85. The summed E-state index contributed by atoms with van der Waals surface area (Å²) in [6.07, 6.45) is 0. The zero-order valence-electron chi connectivity index (χ0n) is 9.51.